The van der Waals surface area contributed by atoms with Crippen LogP contribution in [0.5, 0.6) is 0 Å². The molecule has 6 heteroatoms. The third kappa shape index (κ3) is 6.23. The van der Waals surface area contributed by atoms with Gasteiger partial charge in [-0.1, -0.05) is 12.0 Å². The van der Waals surface area contributed by atoms with Gasteiger partial charge in [0.25, 0.3) is 0 Å². The molecule has 0 amide bonds. The second-order valence-electron chi connectivity index (χ2n) is 4.02. The minimum atomic E-state index is 0.244. The first-order chi connectivity index (χ1) is 8.22. The normalized spacial score (nSPS) is 11.1. The maximum atomic E-state index is 5.39. The Labute approximate surface area is 102 Å². The van der Waals surface area contributed by atoms with Gasteiger partial charge in [-0.25, -0.2) is 0 Å². The van der Waals surface area contributed by atoms with Gasteiger partial charge < -0.3 is 19.8 Å². The molecular formula is C11H22N4O2. The fourth-order valence-corrected chi connectivity index (χ4v) is 1.22. The largest absolute Gasteiger partial charge is 0.407 e. The molecule has 0 fully saturated rings. The zero-order chi connectivity index (χ0) is 12.5. The summed E-state index contributed by atoms with van der Waals surface area (Å²) in [4.78, 5) is 0. The zero-order valence-corrected chi connectivity index (χ0v) is 10.8. The van der Waals surface area contributed by atoms with E-state index in [0.29, 0.717) is 31.6 Å². The lowest BCUT2D eigenvalue weighted by Gasteiger charge is -2.06. The van der Waals surface area contributed by atoms with Crippen LogP contribution in [0.3, 0.4) is 0 Å². The molecule has 0 aliphatic carbocycles. The average molecular weight is 242 g/mol. The van der Waals surface area contributed by atoms with E-state index in [1.165, 1.54) is 0 Å². The second kappa shape index (κ2) is 8.03. The van der Waals surface area contributed by atoms with Gasteiger partial charge in [0.2, 0.25) is 5.89 Å². The summed E-state index contributed by atoms with van der Waals surface area (Å²) in [5.74, 6) is 0.603. The van der Waals surface area contributed by atoms with Crippen molar-refractivity contribution < 1.29 is 9.15 Å². The molecule has 0 saturated carbocycles. The topological polar surface area (TPSA) is 72.2 Å². The van der Waals surface area contributed by atoms with E-state index in [1.54, 1.807) is 0 Å². The van der Waals surface area contributed by atoms with Crippen LogP contribution in [-0.2, 0) is 11.3 Å². The van der Waals surface area contributed by atoms with Crippen molar-refractivity contribution in [3.05, 3.63) is 5.89 Å². The van der Waals surface area contributed by atoms with Gasteiger partial charge in [-0.2, -0.15) is 0 Å². The minimum absolute atomic E-state index is 0.244. The summed E-state index contributed by atoms with van der Waals surface area (Å²) < 4.78 is 10.8. The molecule has 0 saturated heterocycles. The fourth-order valence-electron chi connectivity index (χ4n) is 1.22. The summed E-state index contributed by atoms with van der Waals surface area (Å²) in [7, 11) is 0. The molecule has 6 nitrogen and oxygen atoms in total. The molecular weight excluding hydrogens is 220 g/mol. The van der Waals surface area contributed by atoms with Crippen molar-refractivity contribution in [2.75, 3.05) is 25.0 Å². The molecule has 0 aliphatic heterocycles. The number of ether oxygens (including phenoxy) is 1. The second-order valence-corrected chi connectivity index (χ2v) is 4.02. The predicted molar refractivity (Wildman–Crippen MR) is 65.9 cm³/mol. The van der Waals surface area contributed by atoms with Gasteiger partial charge in [-0.3, -0.25) is 0 Å². The Balaban J connectivity index is 2.16. The Morgan fingerprint density at radius 2 is 2.12 bits per heavy atom. The Hall–Kier alpha value is -1.14. The van der Waals surface area contributed by atoms with Gasteiger partial charge in [0, 0.05) is 6.54 Å². The number of nitrogens with zero attached hydrogens (tertiary/aromatic N) is 2. The molecule has 1 aromatic rings. The molecule has 0 aliphatic rings. The third-order valence-electron chi connectivity index (χ3n) is 2.00. The van der Waals surface area contributed by atoms with Crippen molar-refractivity contribution in [2.24, 2.45) is 0 Å². The van der Waals surface area contributed by atoms with E-state index >= 15 is 0 Å². The Kier molecular flexibility index (Phi) is 6.57. The highest BCUT2D eigenvalue weighted by Crippen LogP contribution is 2.04. The van der Waals surface area contributed by atoms with Crippen molar-refractivity contribution in [3.8, 4) is 0 Å². The van der Waals surface area contributed by atoms with Gasteiger partial charge in [0.05, 0.1) is 19.3 Å². The molecule has 0 spiro atoms. The van der Waals surface area contributed by atoms with E-state index in [-0.39, 0.29) is 6.10 Å². The standard InChI is InChI=1S/C11H22N4O2/c1-4-5-12-8-10-14-15-11(17-10)13-6-7-16-9(2)3/h9,12H,4-8H2,1-3H3,(H,13,15). The summed E-state index contributed by atoms with van der Waals surface area (Å²) in [5.41, 5.74) is 0. The number of anilines is 1. The van der Waals surface area contributed by atoms with Gasteiger partial charge in [0.1, 0.15) is 0 Å². The van der Waals surface area contributed by atoms with Gasteiger partial charge in [-0.15, -0.1) is 5.10 Å². The van der Waals surface area contributed by atoms with E-state index in [2.05, 4.69) is 27.8 Å². The maximum Gasteiger partial charge on any atom is 0.315 e. The lowest BCUT2D eigenvalue weighted by molar-refractivity contribution is 0.0868. The van der Waals surface area contributed by atoms with Crippen molar-refractivity contribution in [3.63, 3.8) is 0 Å². The first-order valence-electron chi connectivity index (χ1n) is 6.11. The lowest BCUT2D eigenvalue weighted by Crippen LogP contribution is -2.14. The van der Waals surface area contributed by atoms with E-state index in [4.69, 9.17) is 9.15 Å². The van der Waals surface area contributed by atoms with Crippen molar-refractivity contribution in [1.82, 2.24) is 15.5 Å². The molecule has 0 unspecified atom stereocenters. The molecule has 0 aromatic carbocycles. The maximum absolute atomic E-state index is 5.39. The Bertz CT molecular complexity index is 301. The highest BCUT2D eigenvalue weighted by atomic mass is 16.5. The van der Waals surface area contributed by atoms with Gasteiger partial charge >= 0.3 is 6.01 Å². The van der Waals surface area contributed by atoms with Crippen molar-refractivity contribution in [1.29, 1.82) is 0 Å². The Morgan fingerprint density at radius 3 is 2.82 bits per heavy atom. The first kappa shape index (κ1) is 13.9. The summed E-state index contributed by atoms with van der Waals surface area (Å²) >= 11 is 0. The van der Waals surface area contributed by atoms with Gasteiger partial charge in [-0.05, 0) is 26.8 Å². The van der Waals surface area contributed by atoms with Crippen molar-refractivity contribution >= 4 is 6.01 Å². The molecule has 1 aromatic heterocycles. The summed E-state index contributed by atoms with van der Waals surface area (Å²) in [5, 5.41) is 14.0. The first-order valence-corrected chi connectivity index (χ1v) is 6.11. The lowest BCUT2D eigenvalue weighted by atomic mass is 10.5. The molecule has 98 valence electrons. The summed E-state index contributed by atoms with van der Waals surface area (Å²) in [6, 6.07) is 0.450. The smallest absolute Gasteiger partial charge is 0.315 e. The SMILES string of the molecule is CCCNCc1nnc(NCCOC(C)C)o1. The molecule has 0 atom stereocenters. The van der Waals surface area contributed by atoms with Crippen LogP contribution in [-0.4, -0.2) is 36.0 Å². The van der Waals surface area contributed by atoms with Crippen LogP contribution in [0.2, 0.25) is 0 Å². The number of hydrogen-bond acceptors (Lipinski definition) is 6. The van der Waals surface area contributed by atoms with Crippen molar-refractivity contribution in [2.45, 2.75) is 39.8 Å². The Morgan fingerprint density at radius 1 is 1.29 bits per heavy atom. The molecule has 1 rings (SSSR count). The van der Waals surface area contributed by atoms with Crippen LogP contribution >= 0.6 is 0 Å². The van der Waals surface area contributed by atoms with E-state index in [9.17, 15) is 0 Å². The van der Waals surface area contributed by atoms with Crippen LogP contribution in [0.25, 0.3) is 0 Å². The van der Waals surface area contributed by atoms with Crippen LogP contribution in [0.4, 0.5) is 6.01 Å². The summed E-state index contributed by atoms with van der Waals surface area (Å²) in [6.07, 6.45) is 1.33. The van der Waals surface area contributed by atoms with Crippen LogP contribution in [0.15, 0.2) is 4.42 Å². The number of rotatable bonds is 9. The van der Waals surface area contributed by atoms with Gasteiger partial charge in [0.15, 0.2) is 0 Å². The highest BCUT2D eigenvalue weighted by Gasteiger charge is 2.04. The van der Waals surface area contributed by atoms with E-state index < -0.39 is 0 Å². The molecule has 2 N–H and O–H groups in total. The minimum Gasteiger partial charge on any atom is -0.407 e. The molecule has 0 radical (unpaired) electrons. The molecule has 0 bridgehead atoms. The monoisotopic (exact) mass is 242 g/mol. The molecule has 1 heterocycles. The predicted octanol–water partition coefficient (Wildman–Crippen LogP) is 1.41. The molecule has 17 heavy (non-hydrogen) atoms. The zero-order valence-electron chi connectivity index (χ0n) is 10.8. The third-order valence-corrected chi connectivity index (χ3v) is 2.00. The van der Waals surface area contributed by atoms with Crippen LogP contribution < -0.4 is 10.6 Å². The van der Waals surface area contributed by atoms with Crippen LogP contribution in [0.1, 0.15) is 33.1 Å². The average Bonchev–Trinajstić information content (AvgIpc) is 2.73. The fraction of sp³-hybridized carbons (Fsp3) is 0.818. The quantitative estimate of drug-likeness (QED) is 0.638. The van der Waals surface area contributed by atoms with E-state index in [1.807, 2.05) is 13.8 Å². The summed E-state index contributed by atoms with van der Waals surface area (Å²) in [6.45, 7) is 8.99. The highest BCUT2D eigenvalue weighted by molar-refractivity contribution is 5.16. The van der Waals surface area contributed by atoms with Crippen LogP contribution in [0, 0.1) is 0 Å². The van der Waals surface area contributed by atoms with E-state index in [0.717, 1.165) is 13.0 Å². The number of hydrogen-bond donors (Lipinski definition) is 2. The number of aromatic nitrogens is 2. The number of nitrogens with one attached hydrogen (secondary N) is 2.